The van der Waals surface area contributed by atoms with E-state index >= 15 is 0 Å². The Balaban J connectivity index is 2.21. The molecule has 136 valence electrons. The van der Waals surface area contributed by atoms with Crippen LogP contribution in [0.15, 0.2) is 24.3 Å². The molecule has 5 heteroatoms. The second kappa shape index (κ2) is 9.87. The summed E-state index contributed by atoms with van der Waals surface area (Å²) in [5.74, 6) is 1.09. The van der Waals surface area contributed by atoms with Crippen LogP contribution in [0.3, 0.4) is 0 Å². The normalized spacial score (nSPS) is 18.2. The lowest BCUT2D eigenvalue weighted by molar-refractivity contribution is -0.0960. The van der Waals surface area contributed by atoms with Gasteiger partial charge in [-0.1, -0.05) is 26.7 Å². The van der Waals surface area contributed by atoms with Crippen LogP contribution in [-0.4, -0.2) is 55.0 Å². The SMILES string of the molecule is CCCCCC(CNCC)(Oc1ccc(O)cc1)N1CCNCC1. The molecule has 0 aromatic heterocycles. The molecular formula is C19H33N3O2. The van der Waals surface area contributed by atoms with Gasteiger partial charge >= 0.3 is 0 Å². The van der Waals surface area contributed by atoms with Crippen LogP contribution in [0.2, 0.25) is 0 Å². The quantitative estimate of drug-likeness (QED) is 0.574. The predicted octanol–water partition coefficient (Wildman–Crippen LogP) is 2.56. The number of likely N-dealkylation sites (N-methyl/N-ethyl adjacent to an activating group) is 1. The van der Waals surface area contributed by atoms with Gasteiger partial charge < -0.3 is 20.5 Å². The van der Waals surface area contributed by atoms with E-state index in [4.69, 9.17) is 4.74 Å². The Kier molecular flexibility index (Phi) is 7.82. The number of rotatable bonds is 10. The zero-order chi connectivity index (χ0) is 17.3. The fourth-order valence-corrected chi connectivity index (χ4v) is 3.29. The van der Waals surface area contributed by atoms with Crippen molar-refractivity contribution in [2.45, 2.75) is 45.3 Å². The van der Waals surface area contributed by atoms with Gasteiger partial charge in [-0.05, 0) is 37.2 Å². The van der Waals surface area contributed by atoms with Gasteiger partial charge in [-0.25, -0.2) is 0 Å². The van der Waals surface area contributed by atoms with Gasteiger partial charge in [0.25, 0.3) is 0 Å². The van der Waals surface area contributed by atoms with E-state index in [0.29, 0.717) is 0 Å². The fourth-order valence-electron chi connectivity index (χ4n) is 3.29. The van der Waals surface area contributed by atoms with Crippen LogP contribution in [0.1, 0.15) is 39.5 Å². The van der Waals surface area contributed by atoms with E-state index < -0.39 is 0 Å². The highest BCUT2D eigenvalue weighted by molar-refractivity contribution is 5.30. The van der Waals surface area contributed by atoms with Crippen LogP contribution < -0.4 is 15.4 Å². The van der Waals surface area contributed by atoms with Crippen molar-refractivity contribution in [2.24, 2.45) is 0 Å². The molecule has 5 nitrogen and oxygen atoms in total. The Morgan fingerprint density at radius 2 is 1.88 bits per heavy atom. The number of hydrogen-bond donors (Lipinski definition) is 3. The summed E-state index contributed by atoms with van der Waals surface area (Å²) in [6.45, 7) is 10.1. The van der Waals surface area contributed by atoms with E-state index in [-0.39, 0.29) is 11.5 Å². The molecule has 0 bridgehead atoms. The smallest absolute Gasteiger partial charge is 0.176 e. The number of hydrogen-bond acceptors (Lipinski definition) is 5. The van der Waals surface area contributed by atoms with Crippen LogP contribution >= 0.6 is 0 Å². The zero-order valence-electron chi connectivity index (χ0n) is 15.2. The minimum atomic E-state index is -0.329. The molecule has 0 aliphatic carbocycles. The Labute approximate surface area is 146 Å². The highest BCUT2D eigenvalue weighted by atomic mass is 16.5. The van der Waals surface area contributed by atoms with Crippen molar-refractivity contribution in [1.82, 2.24) is 15.5 Å². The maximum absolute atomic E-state index is 9.53. The first-order valence-electron chi connectivity index (χ1n) is 9.34. The fraction of sp³-hybridized carbons (Fsp3) is 0.684. The lowest BCUT2D eigenvalue weighted by Gasteiger charge is -2.46. The third-order valence-electron chi connectivity index (χ3n) is 4.66. The number of nitrogens with one attached hydrogen (secondary N) is 2. The molecule has 0 saturated carbocycles. The molecule has 1 aliphatic rings. The number of phenols is 1. The number of phenolic OH excluding ortho intramolecular Hbond substituents is 1. The Morgan fingerprint density at radius 1 is 1.17 bits per heavy atom. The van der Waals surface area contributed by atoms with E-state index in [1.165, 1.54) is 12.8 Å². The number of benzene rings is 1. The maximum Gasteiger partial charge on any atom is 0.176 e. The molecule has 0 spiro atoms. The molecule has 2 rings (SSSR count). The van der Waals surface area contributed by atoms with Crippen LogP contribution in [0.5, 0.6) is 11.5 Å². The summed E-state index contributed by atoms with van der Waals surface area (Å²) in [5, 5.41) is 16.5. The summed E-state index contributed by atoms with van der Waals surface area (Å²) in [6, 6.07) is 7.10. The largest absolute Gasteiger partial charge is 0.508 e. The number of ether oxygens (including phenoxy) is 1. The highest BCUT2D eigenvalue weighted by Crippen LogP contribution is 2.29. The van der Waals surface area contributed by atoms with E-state index in [1.54, 1.807) is 12.1 Å². The number of aromatic hydroxyl groups is 1. The Bertz CT molecular complexity index is 460. The van der Waals surface area contributed by atoms with Crippen molar-refractivity contribution in [3.63, 3.8) is 0 Å². The first-order chi connectivity index (χ1) is 11.7. The molecule has 0 radical (unpaired) electrons. The molecule has 1 saturated heterocycles. The van der Waals surface area contributed by atoms with Crippen molar-refractivity contribution < 1.29 is 9.84 Å². The predicted molar refractivity (Wildman–Crippen MR) is 98.6 cm³/mol. The van der Waals surface area contributed by atoms with Gasteiger partial charge in [0.15, 0.2) is 5.72 Å². The van der Waals surface area contributed by atoms with Crippen molar-refractivity contribution in [3.05, 3.63) is 24.3 Å². The molecule has 1 fully saturated rings. The minimum Gasteiger partial charge on any atom is -0.508 e. The van der Waals surface area contributed by atoms with Gasteiger partial charge in [0.2, 0.25) is 0 Å². The van der Waals surface area contributed by atoms with E-state index in [0.717, 1.165) is 57.9 Å². The summed E-state index contributed by atoms with van der Waals surface area (Å²) < 4.78 is 6.57. The van der Waals surface area contributed by atoms with Crippen molar-refractivity contribution in [1.29, 1.82) is 0 Å². The Morgan fingerprint density at radius 3 is 2.50 bits per heavy atom. The van der Waals surface area contributed by atoms with E-state index in [9.17, 15) is 5.11 Å². The molecule has 1 unspecified atom stereocenters. The second-order valence-corrected chi connectivity index (χ2v) is 6.52. The third kappa shape index (κ3) is 5.36. The van der Waals surface area contributed by atoms with Crippen molar-refractivity contribution in [2.75, 3.05) is 39.3 Å². The van der Waals surface area contributed by atoms with E-state index in [1.807, 2.05) is 12.1 Å². The van der Waals surface area contributed by atoms with Gasteiger partial charge in [0.1, 0.15) is 11.5 Å². The summed E-state index contributed by atoms with van der Waals surface area (Å²) in [4.78, 5) is 2.48. The molecule has 1 aromatic rings. The summed E-state index contributed by atoms with van der Waals surface area (Å²) >= 11 is 0. The third-order valence-corrected chi connectivity index (χ3v) is 4.66. The second-order valence-electron chi connectivity index (χ2n) is 6.52. The minimum absolute atomic E-state index is 0.271. The molecule has 0 amide bonds. The lowest BCUT2D eigenvalue weighted by Crippen LogP contribution is -2.63. The van der Waals surface area contributed by atoms with Crippen molar-refractivity contribution in [3.8, 4) is 11.5 Å². The molecular weight excluding hydrogens is 302 g/mol. The maximum atomic E-state index is 9.53. The Hall–Kier alpha value is -1.30. The van der Waals surface area contributed by atoms with Crippen molar-refractivity contribution >= 4 is 0 Å². The molecule has 1 aliphatic heterocycles. The van der Waals surface area contributed by atoms with Crippen LogP contribution in [-0.2, 0) is 0 Å². The lowest BCUT2D eigenvalue weighted by atomic mass is 10.0. The first kappa shape index (κ1) is 19.0. The van der Waals surface area contributed by atoms with Crippen LogP contribution in [0.25, 0.3) is 0 Å². The average Bonchev–Trinajstić information content (AvgIpc) is 2.62. The van der Waals surface area contributed by atoms with Gasteiger partial charge in [-0.2, -0.15) is 0 Å². The van der Waals surface area contributed by atoms with Gasteiger partial charge in [0.05, 0.1) is 0 Å². The summed E-state index contributed by atoms with van der Waals surface area (Å²) in [6.07, 6.45) is 4.59. The zero-order valence-corrected chi connectivity index (χ0v) is 15.2. The molecule has 1 atom stereocenters. The monoisotopic (exact) mass is 335 g/mol. The number of unbranched alkanes of at least 4 members (excludes halogenated alkanes) is 2. The van der Waals surface area contributed by atoms with E-state index in [2.05, 4.69) is 29.4 Å². The number of nitrogens with zero attached hydrogens (tertiary/aromatic N) is 1. The molecule has 3 N–H and O–H groups in total. The van der Waals surface area contributed by atoms with Gasteiger partial charge in [0, 0.05) is 39.1 Å². The van der Waals surface area contributed by atoms with Crippen LogP contribution in [0, 0.1) is 0 Å². The van der Waals surface area contributed by atoms with Gasteiger partial charge in [-0.15, -0.1) is 0 Å². The summed E-state index contributed by atoms with van der Waals surface area (Å²) in [7, 11) is 0. The van der Waals surface area contributed by atoms with Crippen LogP contribution in [0.4, 0.5) is 0 Å². The number of piperazine rings is 1. The molecule has 1 aromatic carbocycles. The highest BCUT2D eigenvalue weighted by Gasteiger charge is 2.38. The molecule has 1 heterocycles. The topological polar surface area (TPSA) is 56.8 Å². The standard InChI is InChI=1S/C19H33N3O2/c1-3-5-6-11-19(16-20-4-2,22-14-12-21-13-15-22)24-18-9-7-17(23)8-10-18/h7-10,20-21,23H,3-6,11-16H2,1-2H3. The summed E-state index contributed by atoms with van der Waals surface area (Å²) in [5.41, 5.74) is -0.329. The van der Waals surface area contributed by atoms with Gasteiger partial charge in [-0.3, -0.25) is 4.90 Å². The first-order valence-corrected chi connectivity index (χ1v) is 9.34. The molecule has 24 heavy (non-hydrogen) atoms. The average molecular weight is 335 g/mol.